The Labute approximate surface area is 119 Å². The smallest absolute Gasteiger partial charge is 0.331 e. The van der Waals surface area contributed by atoms with Gasteiger partial charge in [-0.1, -0.05) is 36.9 Å². The van der Waals surface area contributed by atoms with Crippen molar-refractivity contribution in [2.75, 3.05) is 11.9 Å². The number of halogens is 1. The van der Waals surface area contributed by atoms with Gasteiger partial charge in [-0.2, -0.15) is 0 Å². The Kier molecular flexibility index (Phi) is 4.70. The number of nitrogens with one attached hydrogen (secondary N) is 1. The first-order valence-corrected chi connectivity index (χ1v) is 7.25. The van der Waals surface area contributed by atoms with Gasteiger partial charge in [-0.25, -0.2) is 4.79 Å². The third-order valence-electron chi connectivity index (χ3n) is 3.58. The van der Waals surface area contributed by atoms with E-state index in [9.17, 15) is 4.79 Å². The van der Waals surface area contributed by atoms with Crippen molar-refractivity contribution in [3.8, 4) is 0 Å². The fourth-order valence-corrected chi connectivity index (χ4v) is 2.84. The van der Waals surface area contributed by atoms with Crippen molar-refractivity contribution in [1.82, 2.24) is 0 Å². The molecule has 0 aromatic heterocycles. The zero-order chi connectivity index (χ0) is 13.7. The third-order valence-corrected chi connectivity index (χ3v) is 3.82. The molecule has 0 spiro atoms. The summed E-state index contributed by atoms with van der Waals surface area (Å²) in [5.74, 6) is -0.144. The van der Waals surface area contributed by atoms with E-state index in [1.165, 1.54) is 6.42 Å². The van der Waals surface area contributed by atoms with Gasteiger partial charge in [-0.15, -0.1) is 0 Å². The molecule has 0 saturated heterocycles. The van der Waals surface area contributed by atoms with E-state index in [2.05, 4.69) is 5.32 Å². The lowest BCUT2D eigenvalue weighted by Crippen LogP contribution is -2.49. The van der Waals surface area contributed by atoms with Gasteiger partial charge in [0.05, 0.1) is 6.61 Å². The average Bonchev–Trinajstić information content (AvgIpc) is 2.40. The number of rotatable bonds is 4. The van der Waals surface area contributed by atoms with Crippen LogP contribution in [0, 0.1) is 0 Å². The van der Waals surface area contributed by atoms with Gasteiger partial charge >= 0.3 is 5.97 Å². The molecule has 1 fully saturated rings. The quantitative estimate of drug-likeness (QED) is 0.847. The van der Waals surface area contributed by atoms with E-state index in [4.69, 9.17) is 16.3 Å². The second kappa shape index (κ2) is 6.29. The number of esters is 1. The molecule has 2 rings (SSSR count). The van der Waals surface area contributed by atoms with Crippen LogP contribution in [0.3, 0.4) is 0 Å². The lowest BCUT2D eigenvalue weighted by molar-refractivity contribution is -0.149. The molecular formula is C15H20ClNO2. The minimum atomic E-state index is -0.584. The van der Waals surface area contributed by atoms with Gasteiger partial charge in [0, 0.05) is 10.7 Å². The standard InChI is InChI=1S/C15H20ClNO2/c1-2-19-14(18)15(9-4-3-5-10-15)17-13-8-6-7-12(16)11-13/h6-8,11,17H,2-5,9-10H2,1H3. The number of ether oxygens (including phenoxy) is 1. The summed E-state index contributed by atoms with van der Waals surface area (Å²) in [6.07, 6.45) is 4.91. The summed E-state index contributed by atoms with van der Waals surface area (Å²) in [6, 6.07) is 7.48. The van der Waals surface area contributed by atoms with Crippen LogP contribution in [0.1, 0.15) is 39.0 Å². The number of carbonyl (C=O) groups excluding carboxylic acids is 1. The Morgan fingerprint density at radius 1 is 1.37 bits per heavy atom. The Balaban J connectivity index is 2.20. The lowest BCUT2D eigenvalue weighted by Gasteiger charge is -2.36. The number of hydrogen-bond acceptors (Lipinski definition) is 3. The van der Waals surface area contributed by atoms with Crippen LogP contribution in [-0.2, 0) is 9.53 Å². The van der Waals surface area contributed by atoms with E-state index in [0.29, 0.717) is 11.6 Å². The van der Waals surface area contributed by atoms with Crippen LogP contribution in [0.4, 0.5) is 5.69 Å². The molecule has 1 N–H and O–H groups in total. The van der Waals surface area contributed by atoms with Crippen LogP contribution < -0.4 is 5.32 Å². The molecule has 1 saturated carbocycles. The molecule has 0 radical (unpaired) electrons. The fraction of sp³-hybridized carbons (Fsp3) is 0.533. The molecule has 0 aliphatic heterocycles. The summed E-state index contributed by atoms with van der Waals surface area (Å²) in [7, 11) is 0. The third kappa shape index (κ3) is 3.41. The first-order chi connectivity index (χ1) is 9.16. The van der Waals surface area contributed by atoms with Crippen LogP contribution in [-0.4, -0.2) is 18.1 Å². The topological polar surface area (TPSA) is 38.3 Å². The van der Waals surface area contributed by atoms with E-state index >= 15 is 0 Å². The van der Waals surface area contributed by atoms with Crippen LogP contribution in [0.15, 0.2) is 24.3 Å². The fourth-order valence-electron chi connectivity index (χ4n) is 2.65. The van der Waals surface area contributed by atoms with E-state index in [1.807, 2.05) is 31.2 Å². The maximum atomic E-state index is 12.3. The summed E-state index contributed by atoms with van der Waals surface area (Å²) in [5.41, 5.74) is 0.293. The summed E-state index contributed by atoms with van der Waals surface area (Å²) in [5, 5.41) is 4.03. The molecule has 3 nitrogen and oxygen atoms in total. The maximum absolute atomic E-state index is 12.3. The molecular weight excluding hydrogens is 262 g/mol. The largest absolute Gasteiger partial charge is 0.464 e. The first-order valence-electron chi connectivity index (χ1n) is 6.87. The van der Waals surface area contributed by atoms with Crippen molar-refractivity contribution < 1.29 is 9.53 Å². The van der Waals surface area contributed by atoms with Gasteiger partial charge in [0.15, 0.2) is 0 Å². The van der Waals surface area contributed by atoms with Gasteiger partial charge in [-0.05, 0) is 38.0 Å². The lowest BCUT2D eigenvalue weighted by atomic mass is 9.81. The molecule has 0 bridgehead atoms. The Bertz CT molecular complexity index is 442. The Morgan fingerprint density at radius 3 is 2.74 bits per heavy atom. The molecule has 4 heteroatoms. The summed E-state index contributed by atoms with van der Waals surface area (Å²) in [6.45, 7) is 2.26. The highest BCUT2D eigenvalue weighted by Crippen LogP contribution is 2.33. The van der Waals surface area contributed by atoms with E-state index in [1.54, 1.807) is 0 Å². The van der Waals surface area contributed by atoms with Crippen molar-refractivity contribution in [3.05, 3.63) is 29.3 Å². The minimum Gasteiger partial charge on any atom is -0.464 e. The SMILES string of the molecule is CCOC(=O)C1(Nc2cccc(Cl)c2)CCCCC1. The van der Waals surface area contributed by atoms with Crippen molar-refractivity contribution in [3.63, 3.8) is 0 Å². The summed E-state index contributed by atoms with van der Waals surface area (Å²) >= 11 is 5.99. The normalized spacial score (nSPS) is 17.8. The number of carbonyl (C=O) groups is 1. The second-order valence-electron chi connectivity index (χ2n) is 5.00. The van der Waals surface area contributed by atoms with Crippen molar-refractivity contribution >= 4 is 23.3 Å². The van der Waals surface area contributed by atoms with E-state index < -0.39 is 5.54 Å². The molecule has 0 atom stereocenters. The molecule has 1 aliphatic rings. The molecule has 0 unspecified atom stereocenters. The molecule has 19 heavy (non-hydrogen) atoms. The van der Waals surface area contributed by atoms with Crippen molar-refractivity contribution in [2.45, 2.75) is 44.6 Å². The predicted octanol–water partition coefficient (Wildman–Crippen LogP) is 4.02. The van der Waals surface area contributed by atoms with Crippen LogP contribution in [0.25, 0.3) is 0 Å². The molecule has 104 valence electrons. The maximum Gasteiger partial charge on any atom is 0.331 e. The zero-order valence-electron chi connectivity index (χ0n) is 11.2. The van der Waals surface area contributed by atoms with E-state index in [0.717, 1.165) is 31.4 Å². The molecule has 0 heterocycles. The average molecular weight is 282 g/mol. The zero-order valence-corrected chi connectivity index (χ0v) is 12.0. The number of benzene rings is 1. The van der Waals surface area contributed by atoms with Crippen molar-refractivity contribution in [2.24, 2.45) is 0 Å². The first kappa shape index (κ1) is 14.2. The highest BCUT2D eigenvalue weighted by atomic mass is 35.5. The summed E-state index contributed by atoms with van der Waals surface area (Å²) < 4.78 is 5.25. The van der Waals surface area contributed by atoms with Crippen LogP contribution in [0.2, 0.25) is 5.02 Å². The van der Waals surface area contributed by atoms with Gasteiger partial charge in [0.25, 0.3) is 0 Å². The Morgan fingerprint density at radius 2 is 2.11 bits per heavy atom. The second-order valence-corrected chi connectivity index (χ2v) is 5.44. The van der Waals surface area contributed by atoms with Gasteiger partial charge in [0.2, 0.25) is 0 Å². The number of anilines is 1. The Hall–Kier alpha value is -1.22. The molecule has 1 aliphatic carbocycles. The molecule has 1 aromatic carbocycles. The predicted molar refractivity (Wildman–Crippen MR) is 77.5 cm³/mol. The molecule has 1 aromatic rings. The van der Waals surface area contributed by atoms with Gasteiger partial charge in [0.1, 0.15) is 5.54 Å². The highest BCUT2D eigenvalue weighted by molar-refractivity contribution is 6.30. The van der Waals surface area contributed by atoms with Gasteiger partial charge < -0.3 is 10.1 Å². The van der Waals surface area contributed by atoms with Crippen LogP contribution in [0.5, 0.6) is 0 Å². The molecule has 0 amide bonds. The highest BCUT2D eigenvalue weighted by Gasteiger charge is 2.40. The number of hydrogen-bond donors (Lipinski definition) is 1. The van der Waals surface area contributed by atoms with Gasteiger partial charge in [-0.3, -0.25) is 0 Å². The van der Waals surface area contributed by atoms with E-state index in [-0.39, 0.29) is 5.97 Å². The summed E-state index contributed by atoms with van der Waals surface area (Å²) in [4.78, 5) is 12.3. The van der Waals surface area contributed by atoms with Crippen molar-refractivity contribution in [1.29, 1.82) is 0 Å². The minimum absolute atomic E-state index is 0.144. The van der Waals surface area contributed by atoms with Crippen LogP contribution >= 0.6 is 11.6 Å². The monoisotopic (exact) mass is 281 g/mol.